The van der Waals surface area contributed by atoms with Crippen LogP contribution in [0.5, 0.6) is 0 Å². The maximum absolute atomic E-state index is 10.5. The summed E-state index contributed by atoms with van der Waals surface area (Å²) in [7, 11) is 0. The Hall–Kier alpha value is -0.910. The van der Waals surface area contributed by atoms with E-state index in [0.717, 1.165) is 17.3 Å². The number of carbonyl (C=O) groups is 1. The van der Waals surface area contributed by atoms with E-state index in [1.54, 1.807) is 0 Å². The van der Waals surface area contributed by atoms with E-state index in [2.05, 4.69) is 45.7 Å². The molecule has 1 saturated carbocycles. The minimum atomic E-state index is -0.457. The number of nitrogens with one attached hydrogen (secondary N) is 1. The van der Waals surface area contributed by atoms with Crippen molar-refractivity contribution < 1.29 is 9.63 Å². The SMILES string of the molecule is NC(=O)CONC1CC(c2ccc(Br)cc2)C1. The lowest BCUT2D eigenvalue weighted by molar-refractivity contribution is -0.126. The number of primary amides is 1. The van der Waals surface area contributed by atoms with Gasteiger partial charge in [0.15, 0.2) is 0 Å². The molecule has 17 heavy (non-hydrogen) atoms. The van der Waals surface area contributed by atoms with Gasteiger partial charge in [-0.05, 0) is 36.5 Å². The molecule has 5 heteroatoms. The van der Waals surface area contributed by atoms with E-state index in [1.807, 2.05) is 0 Å². The maximum atomic E-state index is 10.5. The van der Waals surface area contributed by atoms with E-state index in [1.165, 1.54) is 5.56 Å². The molecule has 0 radical (unpaired) electrons. The number of hydrogen-bond acceptors (Lipinski definition) is 3. The van der Waals surface area contributed by atoms with E-state index in [-0.39, 0.29) is 6.61 Å². The summed E-state index contributed by atoms with van der Waals surface area (Å²) in [6.45, 7) is -0.0700. The zero-order valence-electron chi connectivity index (χ0n) is 9.36. The molecule has 1 aromatic rings. The van der Waals surface area contributed by atoms with Crippen molar-refractivity contribution in [1.29, 1.82) is 0 Å². The summed E-state index contributed by atoms with van der Waals surface area (Å²) >= 11 is 3.42. The topological polar surface area (TPSA) is 64.4 Å². The molecule has 4 nitrogen and oxygen atoms in total. The van der Waals surface area contributed by atoms with Crippen LogP contribution in [0.2, 0.25) is 0 Å². The van der Waals surface area contributed by atoms with Crippen molar-refractivity contribution >= 4 is 21.8 Å². The van der Waals surface area contributed by atoms with E-state index in [4.69, 9.17) is 10.6 Å². The Morgan fingerprint density at radius 1 is 1.41 bits per heavy atom. The lowest BCUT2D eigenvalue weighted by Gasteiger charge is -2.35. The smallest absolute Gasteiger partial charge is 0.245 e. The molecule has 0 heterocycles. The molecule has 92 valence electrons. The lowest BCUT2D eigenvalue weighted by atomic mass is 9.76. The average molecular weight is 299 g/mol. The van der Waals surface area contributed by atoms with Crippen LogP contribution < -0.4 is 11.2 Å². The molecule has 1 aromatic carbocycles. The molecule has 0 spiro atoms. The third kappa shape index (κ3) is 3.52. The van der Waals surface area contributed by atoms with Crippen molar-refractivity contribution in [2.45, 2.75) is 24.8 Å². The minimum Gasteiger partial charge on any atom is -0.368 e. The molecule has 1 fully saturated rings. The molecule has 0 aliphatic heterocycles. The number of rotatable bonds is 5. The quantitative estimate of drug-likeness (QED) is 0.813. The summed E-state index contributed by atoms with van der Waals surface area (Å²) in [6, 6.07) is 8.70. The van der Waals surface area contributed by atoms with Crippen LogP contribution in [-0.2, 0) is 9.63 Å². The highest BCUT2D eigenvalue weighted by Gasteiger charge is 2.30. The highest BCUT2D eigenvalue weighted by atomic mass is 79.9. The number of hydroxylamine groups is 1. The van der Waals surface area contributed by atoms with Crippen molar-refractivity contribution in [2.75, 3.05) is 6.61 Å². The van der Waals surface area contributed by atoms with Crippen LogP contribution in [0.3, 0.4) is 0 Å². The summed E-state index contributed by atoms with van der Waals surface area (Å²) in [5, 5.41) is 0. The van der Waals surface area contributed by atoms with Crippen LogP contribution in [-0.4, -0.2) is 18.6 Å². The Morgan fingerprint density at radius 3 is 2.65 bits per heavy atom. The Morgan fingerprint density at radius 2 is 2.06 bits per heavy atom. The van der Waals surface area contributed by atoms with Crippen molar-refractivity contribution in [3.63, 3.8) is 0 Å². The first kappa shape index (κ1) is 12.5. The summed E-state index contributed by atoms with van der Waals surface area (Å²) in [5.74, 6) is 0.124. The van der Waals surface area contributed by atoms with E-state index >= 15 is 0 Å². The molecule has 0 unspecified atom stereocenters. The molecule has 2 rings (SSSR count). The van der Waals surface area contributed by atoms with Gasteiger partial charge in [0.2, 0.25) is 5.91 Å². The van der Waals surface area contributed by atoms with Crippen LogP contribution in [0.1, 0.15) is 24.3 Å². The van der Waals surface area contributed by atoms with Gasteiger partial charge in [0.25, 0.3) is 0 Å². The van der Waals surface area contributed by atoms with Gasteiger partial charge in [-0.25, -0.2) is 0 Å². The van der Waals surface area contributed by atoms with Gasteiger partial charge in [-0.15, -0.1) is 0 Å². The second-order valence-electron chi connectivity index (χ2n) is 4.29. The summed E-state index contributed by atoms with van der Waals surface area (Å²) in [6.07, 6.45) is 2.06. The number of hydrogen-bond donors (Lipinski definition) is 2. The molecule has 0 aromatic heterocycles. The lowest BCUT2D eigenvalue weighted by Crippen LogP contribution is -2.41. The highest BCUT2D eigenvalue weighted by molar-refractivity contribution is 9.10. The number of carbonyl (C=O) groups excluding carboxylic acids is 1. The molecule has 1 aliphatic rings. The Balaban J connectivity index is 1.71. The fraction of sp³-hybridized carbons (Fsp3) is 0.417. The van der Waals surface area contributed by atoms with Crippen LogP contribution in [0.15, 0.2) is 28.7 Å². The third-order valence-electron chi connectivity index (χ3n) is 2.94. The Kier molecular flexibility index (Phi) is 4.15. The standard InChI is InChI=1S/C12H15BrN2O2/c13-10-3-1-8(2-4-10)9-5-11(6-9)15-17-7-12(14)16/h1-4,9,11,15H,5-7H2,(H2,14,16). The van der Waals surface area contributed by atoms with Gasteiger partial charge in [-0.1, -0.05) is 28.1 Å². The second-order valence-corrected chi connectivity index (χ2v) is 5.21. The molecule has 0 bridgehead atoms. The first-order chi connectivity index (χ1) is 8.15. The molecule has 1 amide bonds. The van der Waals surface area contributed by atoms with E-state index in [9.17, 15) is 4.79 Å². The van der Waals surface area contributed by atoms with E-state index in [0.29, 0.717) is 12.0 Å². The van der Waals surface area contributed by atoms with Gasteiger partial charge in [0, 0.05) is 10.5 Å². The predicted octanol–water partition coefficient (Wildman–Crippen LogP) is 1.70. The fourth-order valence-electron chi connectivity index (χ4n) is 1.95. The summed E-state index contributed by atoms with van der Waals surface area (Å²) in [5.41, 5.74) is 9.16. The monoisotopic (exact) mass is 298 g/mol. The molecule has 0 atom stereocenters. The normalized spacial score (nSPS) is 23.1. The summed E-state index contributed by atoms with van der Waals surface area (Å²) in [4.78, 5) is 15.4. The van der Waals surface area contributed by atoms with Gasteiger partial charge in [-0.2, -0.15) is 5.48 Å². The van der Waals surface area contributed by atoms with Crippen molar-refractivity contribution in [3.8, 4) is 0 Å². The van der Waals surface area contributed by atoms with Crippen molar-refractivity contribution in [1.82, 2.24) is 5.48 Å². The molecular formula is C12H15BrN2O2. The molecule has 1 aliphatic carbocycles. The number of amides is 1. The largest absolute Gasteiger partial charge is 0.368 e. The predicted molar refractivity (Wildman–Crippen MR) is 68.2 cm³/mol. The molecular weight excluding hydrogens is 284 g/mol. The van der Waals surface area contributed by atoms with Crippen LogP contribution in [0, 0.1) is 0 Å². The number of benzene rings is 1. The van der Waals surface area contributed by atoms with Gasteiger partial charge in [-0.3, -0.25) is 9.63 Å². The minimum absolute atomic E-state index is 0.0700. The second kappa shape index (κ2) is 5.62. The number of halogens is 1. The first-order valence-corrected chi connectivity index (χ1v) is 6.35. The van der Waals surface area contributed by atoms with Crippen molar-refractivity contribution in [3.05, 3.63) is 34.3 Å². The Bertz CT molecular complexity index is 388. The average Bonchev–Trinajstić information content (AvgIpc) is 2.23. The highest BCUT2D eigenvalue weighted by Crippen LogP contribution is 2.37. The maximum Gasteiger partial charge on any atom is 0.245 e. The van der Waals surface area contributed by atoms with Crippen LogP contribution >= 0.6 is 15.9 Å². The zero-order valence-corrected chi connectivity index (χ0v) is 10.9. The molecule has 3 N–H and O–H groups in total. The third-order valence-corrected chi connectivity index (χ3v) is 3.47. The number of nitrogens with two attached hydrogens (primary N) is 1. The fourth-order valence-corrected chi connectivity index (χ4v) is 2.22. The summed E-state index contributed by atoms with van der Waals surface area (Å²) < 4.78 is 1.10. The first-order valence-electron chi connectivity index (χ1n) is 5.56. The Labute approximate surface area is 109 Å². The van der Waals surface area contributed by atoms with E-state index < -0.39 is 5.91 Å². The van der Waals surface area contributed by atoms with Gasteiger partial charge >= 0.3 is 0 Å². The van der Waals surface area contributed by atoms with Crippen LogP contribution in [0.4, 0.5) is 0 Å². The zero-order chi connectivity index (χ0) is 12.3. The van der Waals surface area contributed by atoms with Gasteiger partial charge in [0.05, 0.1) is 0 Å². The van der Waals surface area contributed by atoms with Crippen molar-refractivity contribution in [2.24, 2.45) is 5.73 Å². The van der Waals surface area contributed by atoms with Gasteiger partial charge < -0.3 is 5.73 Å². The van der Waals surface area contributed by atoms with Gasteiger partial charge in [0.1, 0.15) is 6.61 Å². The molecule has 0 saturated heterocycles. The van der Waals surface area contributed by atoms with Crippen LogP contribution in [0.25, 0.3) is 0 Å².